The highest BCUT2D eigenvalue weighted by molar-refractivity contribution is 7.22. The molecule has 4 N–H and O–H groups in total. The first-order valence-corrected chi connectivity index (χ1v) is 48.1. The molecular formula is C100H188N24O6S4. The van der Waals surface area contributed by atoms with Gasteiger partial charge in [0.25, 0.3) is 0 Å². The summed E-state index contributed by atoms with van der Waals surface area (Å²) in [5, 5.41) is 56.7. The lowest BCUT2D eigenvalue weighted by Gasteiger charge is -2.47. The fraction of sp³-hybridized carbons (Fsp3) is 0.320. The van der Waals surface area contributed by atoms with Gasteiger partial charge in [0, 0.05) is 243 Å². The van der Waals surface area contributed by atoms with Crippen LogP contribution in [0.15, 0.2) is 216 Å². The van der Waals surface area contributed by atoms with Crippen molar-refractivity contribution in [3.05, 3.63) is 269 Å². The van der Waals surface area contributed by atoms with Crippen molar-refractivity contribution < 1.29 is 174 Å². The van der Waals surface area contributed by atoms with Gasteiger partial charge in [0.15, 0.2) is 16.7 Å². The molecule has 0 amide bonds. The van der Waals surface area contributed by atoms with Crippen LogP contribution in [0.3, 0.4) is 0 Å². The molecule has 13 aromatic heterocycles. The fourth-order valence-corrected chi connectivity index (χ4v) is 26.7. The Hall–Kier alpha value is -14.2. The van der Waals surface area contributed by atoms with Crippen LogP contribution in [0.25, 0.3) is 90.4 Å². The van der Waals surface area contributed by atoms with Crippen LogP contribution in [0.2, 0.25) is 0 Å². The lowest BCUT2D eigenvalue weighted by atomic mass is 9.54. The summed E-state index contributed by atoms with van der Waals surface area (Å²) in [4.78, 5) is 91.4. The number of nitrogen functional groups attached to an aromatic ring is 1. The average Bonchev–Trinajstić information content (AvgIpc) is 1.55. The highest BCUT2D eigenvalue weighted by atomic mass is 32.1. The topological polar surface area (TPSA) is 417 Å². The Balaban J connectivity index is -0.0000000733. The average molecular weight is 2150 g/mol. The maximum atomic E-state index is 13.3. The van der Waals surface area contributed by atoms with Crippen molar-refractivity contribution in [2.45, 2.75) is 154 Å². The number of carbonyl (C=O) groups is 3. The second kappa shape index (κ2) is 34.5. The van der Waals surface area contributed by atoms with Crippen LogP contribution >= 0.6 is 45.3 Å². The van der Waals surface area contributed by atoms with E-state index in [1.165, 1.54) is 35.7 Å². The Morgan fingerprint density at radius 3 is 1.36 bits per heavy atom. The maximum absolute atomic E-state index is 13.3. The van der Waals surface area contributed by atoms with E-state index >= 15 is 0 Å². The molecule has 4 aromatic carbocycles. The van der Waals surface area contributed by atoms with Gasteiger partial charge in [-0.05, 0) is 167 Å². The van der Waals surface area contributed by atoms with Gasteiger partial charge in [-0.3, -0.25) is 19.8 Å². The molecule has 13 atom stereocenters. The van der Waals surface area contributed by atoms with Crippen LogP contribution in [0.1, 0.15) is 318 Å². The zero-order valence-electron chi connectivity index (χ0n) is 172. The number of aliphatic hydroxyl groups is 1. The van der Waals surface area contributed by atoms with Gasteiger partial charge >= 0.3 is 0 Å². The lowest BCUT2D eigenvalue weighted by Crippen LogP contribution is -2.51. The highest BCUT2D eigenvalue weighted by Gasteiger charge is 2.58. The summed E-state index contributed by atoms with van der Waals surface area (Å²) in [6, 6.07) is 44.0. The van der Waals surface area contributed by atoms with Crippen LogP contribution in [0.4, 0.5) is 5.13 Å². The van der Waals surface area contributed by atoms with E-state index in [9.17, 15) is 30.0 Å². The summed E-state index contributed by atoms with van der Waals surface area (Å²) in [7, 11) is 0. The number of hydrogen-bond donors (Lipinski definition) is 3. The van der Waals surface area contributed by atoms with Crippen molar-refractivity contribution in [3.63, 3.8) is 0 Å². The number of hydrogen-bond acceptors (Lipinski definition) is 31. The van der Waals surface area contributed by atoms with Gasteiger partial charge in [-0.1, -0.05) is 166 Å². The summed E-state index contributed by atoms with van der Waals surface area (Å²) in [5.74, 6) is 7.57. The molecule has 17 aromatic rings. The number of aromatic nitrogens is 20. The molecular weight excluding hydrogens is 1760 g/mol. The van der Waals surface area contributed by atoms with Crippen molar-refractivity contribution in [3.8, 4) is 61.7 Å². The molecule has 25 rings (SSSR count). The van der Waals surface area contributed by atoms with Crippen molar-refractivity contribution in [2.24, 2.45) is 52.7 Å². The van der Waals surface area contributed by atoms with E-state index < -0.39 is 16.7 Å². The van der Waals surface area contributed by atoms with E-state index in [-0.39, 0.29) is 75.0 Å². The van der Waals surface area contributed by atoms with Crippen molar-refractivity contribution in [2.75, 3.05) is 5.43 Å². The molecule has 30 nitrogen and oxygen atoms in total. The third-order valence-electron chi connectivity index (χ3n) is 29.3. The minimum absolute atomic E-state index is 0.0288. The number of hydrazine groups is 1. The Morgan fingerprint density at radius 1 is 0.500 bits per heavy atom. The molecule has 0 saturated heterocycles. The first-order valence-electron chi connectivity index (χ1n) is 93.8. The molecule has 0 spiro atoms. The summed E-state index contributed by atoms with van der Waals surface area (Å²) >= 11 is 6.42. The van der Waals surface area contributed by atoms with Crippen LogP contribution in [-0.2, 0) is 57.9 Å². The number of anilines is 1. The molecule has 1 fully saturated rings. The molecule has 13 heterocycles. The number of ketones is 3. The standard InChI is InChI=1S/2C25H22N6OS.C25H20N6OS.C18H19N3O3.C7H7N3S.49H2/c1-14-17-8-7-16-21(19-9-10-26-13-27-19)30-31(24-29-18-5-3-4-6-20(18)33-24)23(16)25(17,2)11-15-12-28-32-22(14)15;2*1-14-17-8-7-16-21(19-9-10-27-13-28-19)30-31(24-29-18-5-3-4-6-20(18)33-24)23(16)25(17,2)11-15(12-26)22(14)32;1-10-13-4-3-12(15(22)14-5-6-19-9-20-14)17(23)18(13,2)7-11-8-21-24-16(10)11;8-10-7-9-5-3-1-2-4-6(5)11-7;;;;;;;;;;;;;;;;;;;;;;;;;;;;;;;;;;;;;;;;;;;;;;;;;/h3-6,9-10,12-14,17H,7-8,11H2,1-2H3;3-6,9-10,13-14,17,32H,7-8,11H2,1-2H3;3-6,9-11,13-14,17H,7-8H2,1-2H3;5-6,8-10,12-13H,3-4,7H2,1-2H3;1-4H,8H2,(H,9,10);49*1H/t3*14-,17-,25-;10-,12?,13-,18-;;;;;;;;;;;;;;;;;;;;;;;;;;;;;;;;;;;;;;;;;;;;;;;;;;/m1111................................................../s1/i;;;;;49*1+2T. The number of allylic oxidation sites excluding steroid dienone is 4. The molecule has 0 bridgehead atoms. The van der Waals surface area contributed by atoms with Gasteiger partial charge in [0.1, 0.15) is 77.2 Å². The molecule has 1 unspecified atom stereocenters. The number of nitrogens with two attached hydrogens (primary N) is 1. The quantitative estimate of drug-likeness (QED) is 0.0523. The fourth-order valence-electron chi connectivity index (χ4n) is 23.1. The van der Waals surface area contributed by atoms with E-state index in [1.807, 2.05) is 127 Å². The first kappa shape index (κ1) is 47.5. The smallest absolute Gasteiger partial charge is 0.211 e. The third-order valence-corrected chi connectivity index (χ3v) is 33.3. The summed E-state index contributed by atoms with van der Waals surface area (Å²) in [6.07, 6.45) is 27.0. The van der Waals surface area contributed by atoms with E-state index in [0.717, 1.165) is 187 Å². The van der Waals surface area contributed by atoms with Gasteiger partial charge in [0.05, 0.1) is 111 Å². The lowest BCUT2D eigenvalue weighted by molar-refractivity contribution is -0.139. The number of thiazole rings is 4. The number of para-hydroxylation sites is 4. The maximum Gasteiger partial charge on any atom is 0.211 e. The zero-order valence-corrected chi connectivity index (χ0v) is 77.7. The number of rotatable bonds is 9. The van der Waals surface area contributed by atoms with Crippen LogP contribution < -0.4 is 11.3 Å². The first-order chi connectivity index (χ1) is 114. The van der Waals surface area contributed by atoms with Crippen molar-refractivity contribution >= 4 is 109 Å². The van der Waals surface area contributed by atoms with Gasteiger partial charge < -0.3 is 14.2 Å². The van der Waals surface area contributed by atoms with E-state index in [1.54, 1.807) is 88.9 Å². The molecule has 8 aliphatic rings. The number of benzene rings is 4. The second-order valence-electron chi connectivity index (χ2n) is 36.7. The molecule has 0 radical (unpaired) electrons. The normalized spacial score (nSPS) is 27.3. The highest BCUT2D eigenvalue weighted by Crippen LogP contribution is 2.60. The SMILES string of the molecule is C[C@H]1C(=O)C(C#N)=C[C@@]2(C)c3c(c(-c4ccncn4)nn3-c3nc4ccccc4s3)CC[C@H]12.C[C@H]1C(O)=C(C#N)C[C@@]2(C)c3c(c(-c4ccncn4)nn3-c3nc4ccccc4s3)CC[C@H]12.C[C@H]1c2oncc2C[C@@]2(C)C(=O)C(C(=O)c3ccncn3)CC[C@H]12.C[C@H]1c2oncc2C[C@@]2(C)c3c(c(-c4ccncn4)nn3-c3nc4ccccc4s3)CC[C@H]12.NNc1nc2ccccc2s1.[3H][3H].[3H][3H].[3H][3H].[3H][3H].[3H][3H].[3H][3H].[3H][3H].[3H][3H].[3H][3H].[3H][3H].[3H][3H].[3H][3H].[3H][3H].[3H][3H].[3H][3H].[3H][3H].[3H][3H].[3H][3H].[3H][3H].[3H][3H].[3H][3H].[3H][3H].[3H][3H].[3H][3H].[3H][3H].[3H][3H].[3H][3H].[3H][3H].[3H][3H].[3H][3H].[3H][3H].[3H][3H].[3H][3H].[3H][3H].[3H][3H].[3H][3H].[3H][3H].[3H][3H].[3H][3H].[3H][3H].[3H][3H].[3H][3H].[3H][3H].[3H][3H].[3H][3H].[3H][3H].[3H][3H].[3H][3H].[3H][3H]. The van der Waals surface area contributed by atoms with Crippen LogP contribution in [0, 0.1) is 69.5 Å². The van der Waals surface area contributed by atoms with Gasteiger partial charge in [-0.2, -0.15) is 25.8 Å². The molecule has 34 heteroatoms. The second-order valence-corrected chi connectivity index (χ2v) is 40.8. The molecule has 768 valence electrons. The number of carbonyl (C=O) groups excluding carboxylic acids is 3. The zero-order chi connectivity index (χ0) is 190. The summed E-state index contributed by atoms with van der Waals surface area (Å²) in [5.41, 5.74) is 19.9. The third kappa shape index (κ3) is 14.6. The summed E-state index contributed by atoms with van der Waals surface area (Å²) in [6.45, 7) is 17.1. The van der Waals surface area contributed by atoms with E-state index in [2.05, 4.69) is 142 Å². The molecule has 1 saturated carbocycles. The molecule has 0 aliphatic heterocycles. The Kier molecular flexibility index (Phi) is 12.2. The molecule has 8 aliphatic carbocycles. The number of nitrogens with zero attached hydrogens (tertiary/aromatic N) is 22. The van der Waals surface area contributed by atoms with Crippen molar-refractivity contribution in [1.82, 2.24) is 99.5 Å². The van der Waals surface area contributed by atoms with Crippen LogP contribution in [-0.4, -0.2) is 122 Å². The Bertz CT molecular complexity index is 7700. The number of nitrogens with one attached hydrogen (secondary N) is 1. The summed E-state index contributed by atoms with van der Waals surface area (Å²) < 4.78 is 512. The van der Waals surface area contributed by atoms with Gasteiger partial charge in [-0.25, -0.2) is 79.7 Å². The molecule has 134 heavy (non-hydrogen) atoms. The number of aliphatic hydroxyl groups excluding tert-OH is 1. The number of fused-ring (bicyclic) bond motifs is 16. The monoisotopic (exact) mass is 2150 g/mol. The minimum Gasteiger partial charge on any atom is -0.511 e. The predicted molar refractivity (Wildman–Crippen MR) is 612 cm³/mol. The number of Topliss-reactive ketones (excluding diaryl/α,β-unsaturated/α-hetero) is 3. The van der Waals surface area contributed by atoms with Gasteiger partial charge in [0.2, 0.25) is 15.4 Å². The van der Waals surface area contributed by atoms with E-state index in [4.69, 9.17) is 191 Å². The number of nitriles is 2. The van der Waals surface area contributed by atoms with Crippen molar-refractivity contribution in [1.29, 1.82) is 10.5 Å². The van der Waals surface area contributed by atoms with Gasteiger partial charge in [-0.15, -0.1) is 0 Å². The minimum atomic E-state index is -0.616. The van der Waals surface area contributed by atoms with Crippen LogP contribution in [0.5, 0.6) is 0 Å². The van der Waals surface area contributed by atoms with E-state index in [0.29, 0.717) is 42.4 Å². The largest absolute Gasteiger partial charge is 0.511 e. The Morgan fingerprint density at radius 2 is 0.918 bits per heavy atom. The predicted octanol–water partition coefficient (Wildman–Crippen LogP) is 30.9. The Labute approximate surface area is 935 Å².